The number of nitrogens with one attached hydrogen (secondary N) is 2. The zero-order valence-electron chi connectivity index (χ0n) is 15.1. The molecule has 3 aromatic rings. The number of anilines is 1. The molecule has 1 atom stereocenters. The van der Waals surface area contributed by atoms with Crippen molar-refractivity contribution >= 4 is 23.1 Å². The Balaban J connectivity index is 1.32. The number of thiophene rings is 1. The molecule has 6 nitrogen and oxygen atoms in total. The first-order valence-electron chi connectivity index (χ1n) is 8.98. The van der Waals surface area contributed by atoms with Gasteiger partial charge in [0.1, 0.15) is 5.75 Å². The van der Waals surface area contributed by atoms with Gasteiger partial charge in [-0.2, -0.15) is 5.10 Å². The molecule has 1 amide bonds. The lowest BCUT2D eigenvalue weighted by molar-refractivity contribution is -0.121. The van der Waals surface area contributed by atoms with Gasteiger partial charge in [-0.25, -0.2) is 0 Å². The monoisotopic (exact) mass is 382 g/mol. The lowest BCUT2D eigenvalue weighted by atomic mass is 10.1. The number of hydrogen-bond donors (Lipinski definition) is 2. The first kappa shape index (κ1) is 17.6. The van der Waals surface area contributed by atoms with E-state index in [1.807, 2.05) is 30.3 Å². The lowest BCUT2D eigenvalue weighted by Gasteiger charge is -2.16. The molecule has 1 fully saturated rings. The van der Waals surface area contributed by atoms with E-state index >= 15 is 0 Å². The Bertz CT molecular complexity index is 906. The van der Waals surface area contributed by atoms with E-state index in [2.05, 4.69) is 37.9 Å². The molecule has 2 aromatic heterocycles. The quantitative estimate of drug-likeness (QED) is 0.687. The fourth-order valence-electron chi connectivity index (χ4n) is 3.36. The van der Waals surface area contributed by atoms with E-state index in [0.717, 1.165) is 42.3 Å². The van der Waals surface area contributed by atoms with Gasteiger partial charge in [0.25, 0.3) is 0 Å². The molecule has 0 spiro atoms. The van der Waals surface area contributed by atoms with Gasteiger partial charge < -0.3 is 15.0 Å². The second-order valence-corrected chi connectivity index (χ2v) is 7.59. The second-order valence-electron chi connectivity index (χ2n) is 6.64. The van der Waals surface area contributed by atoms with E-state index in [0.29, 0.717) is 6.42 Å². The molecule has 140 valence electrons. The van der Waals surface area contributed by atoms with Crippen LogP contribution >= 0.6 is 11.3 Å². The number of amides is 1. The summed E-state index contributed by atoms with van der Waals surface area (Å²) in [6.45, 7) is 1.66. The van der Waals surface area contributed by atoms with Crippen LogP contribution in [0.1, 0.15) is 12.0 Å². The van der Waals surface area contributed by atoms with E-state index in [1.165, 1.54) is 4.88 Å². The first-order valence-corrected chi connectivity index (χ1v) is 9.86. The highest BCUT2D eigenvalue weighted by molar-refractivity contribution is 7.13. The minimum absolute atomic E-state index is 0.0383. The maximum atomic E-state index is 12.4. The number of benzene rings is 1. The Hall–Kier alpha value is -2.80. The van der Waals surface area contributed by atoms with Crippen molar-refractivity contribution in [2.24, 2.45) is 0 Å². The Labute approximate surface area is 162 Å². The number of aromatic amines is 1. The number of carbonyl (C=O) groups is 1. The molecule has 7 heteroatoms. The molecule has 0 bridgehead atoms. The summed E-state index contributed by atoms with van der Waals surface area (Å²) in [5, 5.41) is 12.7. The topological polar surface area (TPSA) is 70.2 Å². The third-order valence-electron chi connectivity index (χ3n) is 4.73. The summed E-state index contributed by atoms with van der Waals surface area (Å²) in [5.74, 6) is 1.74. The number of aromatic nitrogens is 2. The van der Waals surface area contributed by atoms with Crippen molar-refractivity contribution in [1.82, 2.24) is 15.5 Å². The second kappa shape index (κ2) is 7.84. The molecule has 3 heterocycles. The molecular formula is C20H22N4O2S. The van der Waals surface area contributed by atoms with Crippen LogP contribution in [0.3, 0.4) is 0 Å². The van der Waals surface area contributed by atoms with Crippen molar-refractivity contribution in [2.45, 2.75) is 18.9 Å². The van der Waals surface area contributed by atoms with Gasteiger partial charge in [-0.1, -0.05) is 18.2 Å². The molecular weight excluding hydrogens is 360 g/mol. The van der Waals surface area contributed by atoms with Crippen LogP contribution in [0.4, 0.5) is 5.82 Å². The van der Waals surface area contributed by atoms with Crippen LogP contribution in [0.25, 0.3) is 10.6 Å². The van der Waals surface area contributed by atoms with Gasteiger partial charge in [-0.15, -0.1) is 11.3 Å². The molecule has 2 N–H and O–H groups in total. The summed E-state index contributed by atoms with van der Waals surface area (Å²) in [4.78, 5) is 15.8. The van der Waals surface area contributed by atoms with Gasteiger partial charge in [-0.3, -0.25) is 9.89 Å². The van der Waals surface area contributed by atoms with Crippen LogP contribution < -0.4 is 15.0 Å². The smallest absolute Gasteiger partial charge is 0.224 e. The van der Waals surface area contributed by atoms with E-state index in [-0.39, 0.29) is 11.9 Å². The summed E-state index contributed by atoms with van der Waals surface area (Å²) >= 11 is 1.69. The molecule has 0 radical (unpaired) electrons. The number of ether oxygens (including phenoxy) is 1. The van der Waals surface area contributed by atoms with Crippen LogP contribution in [-0.2, 0) is 11.2 Å². The summed E-state index contributed by atoms with van der Waals surface area (Å²) in [5.41, 5.74) is 1.99. The largest absolute Gasteiger partial charge is 0.497 e. The highest BCUT2D eigenvalue weighted by Gasteiger charge is 2.25. The molecule has 27 heavy (non-hydrogen) atoms. The number of nitrogens with zero attached hydrogens (tertiary/aromatic N) is 2. The van der Waals surface area contributed by atoms with Crippen molar-refractivity contribution in [3.63, 3.8) is 0 Å². The van der Waals surface area contributed by atoms with Crippen LogP contribution in [-0.4, -0.2) is 42.3 Å². The zero-order valence-corrected chi connectivity index (χ0v) is 16.0. The third kappa shape index (κ3) is 4.14. The van der Waals surface area contributed by atoms with E-state index in [1.54, 1.807) is 18.4 Å². The molecule has 0 unspecified atom stereocenters. The fourth-order valence-corrected chi connectivity index (χ4v) is 4.06. The van der Waals surface area contributed by atoms with Gasteiger partial charge in [0, 0.05) is 25.2 Å². The van der Waals surface area contributed by atoms with Crippen LogP contribution in [0.2, 0.25) is 0 Å². The van der Waals surface area contributed by atoms with Crippen LogP contribution in [0.5, 0.6) is 5.75 Å². The standard InChI is InChI=1S/C20H22N4O2S/c1-26-16-5-2-4-14(10-16)11-20(25)21-15-7-8-24(13-15)19-12-17(22-23-19)18-6-3-9-27-18/h2-6,9-10,12,15H,7-8,11,13H2,1H3,(H,21,25)(H,22,23)/t15-/m1/s1. The SMILES string of the molecule is COc1cccc(CC(=O)N[C@@H]2CCN(c3cc(-c4cccs4)[nH]n3)C2)c1. The van der Waals surface area contributed by atoms with Gasteiger partial charge in [0.05, 0.1) is 24.1 Å². The minimum Gasteiger partial charge on any atom is -0.497 e. The fraction of sp³-hybridized carbons (Fsp3) is 0.300. The molecule has 1 aliphatic rings. The van der Waals surface area contributed by atoms with E-state index in [9.17, 15) is 4.79 Å². The van der Waals surface area contributed by atoms with E-state index < -0.39 is 0 Å². The Morgan fingerprint density at radius 1 is 1.37 bits per heavy atom. The number of hydrogen-bond acceptors (Lipinski definition) is 5. The zero-order chi connectivity index (χ0) is 18.6. The molecule has 0 saturated carbocycles. The molecule has 1 saturated heterocycles. The summed E-state index contributed by atoms with van der Waals surface area (Å²) in [6.07, 6.45) is 1.28. The number of carbonyl (C=O) groups excluding carboxylic acids is 1. The van der Waals surface area contributed by atoms with Crippen molar-refractivity contribution in [3.05, 3.63) is 53.4 Å². The first-order chi connectivity index (χ1) is 13.2. The normalized spacial score (nSPS) is 16.5. The lowest BCUT2D eigenvalue weighted by Crippen LogP contribution is -2.38. The van der Waals surface area contributed by atoms with Gasteiger partial charge in [0.15, 0.2) is 5.82 Å². The maximum absolute atomic E-state index is 12.4. The van der Waals surface area contributed by atoms with Crippen molar-refractivity contribution < 1.29 is 9.53 Å². The van der Waals surface area contributed by atoms with Crippen molar-refractivity contribution in [2.75, 3.05) is 25.1 Å². The summed E-state index contributed by atoms with van der Waals surface area (Å²) in [7, 11) is 1.63. The highest BCUT2D eigenvalue weighted by Crippen LogP contribution is 2.27. The number of rotatable bonds is 6. The summed E-state index contributed by atoms with van der Waals surface area (Å²) < 4.78 is 5.21. The highest BCUT2D eigenvalue weighted by atomic mass is 32.1. The predicted octanol–water partition coefficient (Wildman–Crippen LogP) is 3.08. The summed E-state index contributed by atoms with van der Waals surface area (Å²) in [6, 6.07) is 14.0. The van der Waals surface area contributed by atoms with Gasteiger partial charge in [-0.05, 0) is 35.6 Å². The Morgan fingerprint density at radius 3 is 3.11 bits per heavy atom. The third-order valence-corrected chi connectivity index (χ3v) is 5.63. The minimum atomic E-state index is 0.0383. The van der Waals surface area contributed by atoms with Crippen molar-refractivity contribution in [1.29, 1.82) is 0 Å². The average Bonchev–Trinajstić information content (AvgIpc) is 3.42. The van der Waals surface area contributed by atoms with E-state index in [4.69, 9.17) is 4.74 Å². The average molecular weight is 382 g/mol. The maximum Gasteiger partial charge on any atom is 0.224 e. The molecule has 0 aliphatic carbocycles. The predicted molar refractivity (Wildman–Crippen MR) is 107 cm³/mol. The number of methoxy groups -OCH3 is 1. The van der Waals surface area contributed by atoms with Crippen LogP contribution in [0, 0.1) is 0 Å². The van der Waals surface area contributed by atoms with Gasteiger partial charge in [0.2, 0.25) is 5.91 Å². The Kier molecular flexibility index (Phi) is 5.11. The molecule has 1 aliphatic heterocycles. The van der Waals surface area contributed by atoms with Crippen LogP contribution in [0.15, 0.2) is 47.8 Å². The Morgan fingerprint density at radius 2 is 2.30 bits per heavy atom. The molecule has 4 rings (SSSR count). The molecule has 1 aromatic carbocycles. The van der Waals surface area contributed by atoms with Crippen molar-refractivity contribution in [3.8, 4) is 16.3 Å². The van der Waals surface area contributed by atoms with Gasteiger partial charge >= 0.3 is 0 Å². The number of H-pyrrole nitrogens is 1.